The second-order valence-corrected chi connectivity index (χ2v) is 11.2. The number of alkyl halides is 2. The van der Waals surface area contributed by atoms with Crippen molar-refractivity contribution in [2.45, 2.75) is 55.8 Å². The minimum atomic E-state index is -0.724. The maximum atomic E-state index is 12.9. The molecule has 3 saturated carbocycles. The van der Waals surface area contributed by atoms with Crippen molar-refractivity contribution in [3.8, 4) is 0 Å². The fraction of sp³-hybridized carbons (Fsp3) is 0.929. The first-order valence-electron chi connectivity index (χ1n) is 6.69. The average Bonchev–Trinajstić information content (AvgIpc) is 2.47. The van der Waals surface area contributed by atoms with E-state index in [2.05, 4.69) is 52.6 Å². The summed E-state index contributed by atoms with van der Waals surface area (Å²) in [6.45, 7) is 6.64. The smallest absolute Gasteiger partial charge is 0.167 e. The number of hydrogen-bond acceptors (Lipinski definition) is 2. The molecule has 3 aliphatic rings. The average molecular weight is 380 g/mol. The van der Waals surface area contributed by atoms with Gasteiger partial charge in [-0.3, -0.25) is 4.79 Å². The normalized spacial score (nSPS) is 52.4. The molecule has 3 rings (SSSR count). The van der Waals surface area contributed by atoms with E-state index in [1.807, 2.05) is 0 Å². The monoisotopic (exact) mass is 378 g/mol. The molecule has 4 heteroatoms. The lowest BCUT2D eigenvalue weighted by molar-refractivity contribution is -0.198. The molecule has 0 aromatic carbocycles. The first-order valence-corrected chi connectivity index (χ1v) is 8.27. The lowest BCUT2D eigenvalue weighted by Gasteiger charge is -2.66. The zero-order chi connectivity index (χ0) is 13.6. The summed E-state index contributed by atoms with van der Waals surface area (Å²) >= 11 is 7.00. The van der Waals surface area contributed by atoms with Gasteiger partial charge in [0.05, 0.1) is 6.10 Å². The van der Waals surface area contributed by atoms with E-state index in [0.717, 1.165) is 19.3 Å². The highest BCUT2D eigenvalue weighted by Crippen LogP contribution is 2.78. The van der Waals surface area contributed by atoms with Gasteiger partial charge in [-0.25, -0.2) is 0 Å². The Hall–Kier alpha value is 0.590. The predicted molar refractivity (Wildman–Crippen MR) is 77.9 cm³/mol. The molecule has 1 N–H and O–H groups in total. The van der Waals surface area contributed by atoms with Crippen LogP contribution >= 0.6 is 31.9 Å². The lowest BCUT2D eigenvalue weighted by atomic mass is 9.38. The molecule has 3 aliphatic carbocycles. The third kappa shape index (κ3) is 1.26. The van der Waals surface area contributed by atoms with Gasteiger partial charge in [0.25, 0.3) is 0 Å². The van der Waals surface area contributed by atoms with E-state index in [-0.39, 0.29) is 22.0 Å². The van der Waals surface area contributed by atoms with E-state index in [1.54, 1.807) is 0 Å². The van der Waals surface area contributed by atoms with Crippen molar-refractivity contribution in [2.24, 2.45) is 22.2 Å². The van der Waals surface area contributed by atoms with Gasteiger partial charge in [0, 0.05) is 17.3 Å². The van der Waals surface area contributed by atoms with Gasteiger partial charge in [-0.05, 0) is 30.6 Å². The van der Waals surface area contributed by atoms with Gasteiger partial charge in [-0.15, -0.1) is 0 Å². The number of carbonyl (C=O) groups is 1. The summed E-state index contributed by atoms with van der Waals surface area (Å²) < 4.78 is -0.724. The van der Waals surface area contributed by atoms with Crippen molar-refractivity contribution in [3.05, 3.63) is 0 Å². The van der Waals surface area contributed by atoms with Crippen LogP contribution in [0.2, 0.25) is 0 Å². The maximum Gasteiger partial charge on any atom is 0.167 e. The zero-order valence-electron chi connectivity index (χ0n) is 11.1. The van der Waals surface area contributed by atoms with Gasteiger partial charge >= 0.3 is 0 Å². The first kappa shape index (κ1) is 13.6. The second kappa shape index (κ2) is 3.43. The lowest BCUT2D eigenvalue weighted by Crippen LogP contribution is -2.69. The topological polar surface area (TPSA) is 37.3 Å². The number of carbonyl (C=O) groups excluding carboxylic acids is 1. The van der Waals surface area contributed by atoms with Crippen LogP contribution < -0.4 is 0 Å². The molecule has 0 aromatic heterocycles. The molecular weight excluding hydrogens is 360 g/mol. The molecule has 0 radical (unpaired) electrons. The Morgan fingerprint density at radius 2 is 1.89 bits per heavy atom. The number of rotatable bonds is 0. The molecule has 18 heavy (non-hydrogen) atoms. The van der Waals surface area contributed by atoms with E-state index in [1.165, 1.54) is 0 Å². The van der Waals surface area contributed by atoms with Gasteiger partial charge in [0.1, 0.15) is 3.23 Å². The van der Waals surface area contributed by atoms with Crippen LogP contribution in [0.4, 0.5) is 0 Å². The number of ketones is 1. The molecule has 2 nitrogen and oxygen atoms in total. The molecule has 102 valence electrons. The van der Waals surface area contributed by atoms with E-state index in [9.17, 15) is 9.90 Å². The molecule has 3 fully saturated rings. The largest absolute Gasteiger partial charge is 0.392 e. The molecule has 1 spiro atoms. The van der Waals surface area contributed by atoms with Crippen LogP contribution in [0.15, 0.2) is 0 Å². The van der Waals surface area contributed by atoms with Crippen LogP contribution in [0.1, 0.15) is 46.5 Å². The van der Waals surface area contributed by atoms with Gasteiger partial charge in [0.2, 0.25) is 0 Å². The molecule has 4 atom stereocenters. The van der Waals surface area contributed by atoms with Crippen molar-refractivity contribution >= 4 is 37.6 Å². The highest BCUT2D eigenvalue weighted by atomic mass is 79.9. The van der Waals surface area contributed by atoms with Gasteiger partial charge in [-0.1, -0.05) is 52.6 Å². The zero-order valence-corrected chi connectivity index (χ0v) is 14.3. The Morgan fingerprint density at radius 3 is 2.44 bits per heavy atom. The van der Waals surface area contributed by atoms with Crippen molar-refractivity contribution in [2.75, 3.05) is 0 Å². The van der Waals surface area contributed by atoms with Gasteiger partial charge in [0.15, 0.2) is 5.78 Å². The second-order valence-electron chi connectivity index (χ2n) is 7.40. The van der Waals surface area contributed by atoms with E-state index in [4.69, 9.17) is 0 Å². The third-order valence-electron chi connectivity index (χ3n) is 6.17. The number of aliphatic hydroxyl groups excluding tert-OH is 1. The summed E-state index contributed by atoms with van der Waals surface area (Å²) in [5.41, 5.74) is -0.308. The number of Topliss-reactive ketones (excluding diaryl/α,β-unsaturated/α-hetero) is 1. The maximum absolute atomic E-state index is 12.9. The van der Waals surface area contributed by atoms with Crippen LogP contribution in [-0.4, -0.2) is 20.2 Å². The summed E-state index contributed by atoms with van der Waals surface area (Å²) in [6, 6.07) is 0. The third-order valence-corrected chi connectivity index (χ3v) is 7.53. The highest BCUT2D eigenvalue weighted by molar-refractivity contribution is 9.25. The molecule has 0 bridgehead atoms. The van der Waals surface area contributed by atoms with Crippen molar-refractivity contribution < 1.29 is 9.90 Å². The number of hydrogen-bond donors (Lipinski definition) is 1. The molecule has 0 saturated heterocycles. The minimum absolute atomic E-state index is 0.227. The Labute approximate surface area is 125 Å². The van der Waals surface area contributed by atoms with Crippen LogP contribution in [0, 0.1) is 22.2 Å². The number of aliphatic hydroxyl groups is 1. The standard InChI is InChI=1S/C14H20Br2O2/c1-11(2)7-13-8(11)4-5-12(13,3)9(17)6-14(15,16)10(13)18/h8-9,17H,4-7H2,1-3H3/t8-,9+,12+,13+/m0/s1. The predicted octanol–water partition coefficient (Wildman–Crippen LogP) is 3.64. The van der Waals surface area contributed by atoms with E-state index < -0.39 is 9.34 Å². The summed E-state index contributed by atoms with van der Waals surface area (Å²) in [6.07, 6.45) is 3.02. The summed E-state index contributed by atoms with van der Waals surface area (Å²) in [5, 5.41) is 10.6. The molecule has 0 amide bonds. The molecular formula is C14H20Br2O2. The molecule has 0 aromatic rings. The summed E-state index contributed by atoms with van der Waals surface area (Å²) in [4.78, 5) is 12.9. The van der Waals surface area contributed by atoms with Gasteiger partial charge < -0.3 is 5.11 Å². The van der Waals surface area contributed by atoms with Crippen molar-refractivity contribution in [1.29, 1.82) is 0 Å². The van der Waals surface area contributed by atoms with Gasteiger partial charge in [-0.2, -0.15) is 0 Å². The van der Waals surface area contributed by atoms with Crippen LogP contribution in [0.3, 0.4) is 0 Å². The number of halogens is 2. The summed E-state index contributed by atoms with van der Waals surface area (Å²) in [7, 11) is 0. The minimum Gasteiger partial charge on any atom is -0.392 e. The SMILES string of the molecule is CC1(C)C[C@@]23C(=O)C(Br)(Br)C[C@@H](O)[C@@]2(C)CC[C@@H]13. The first-order chi connectivity index (χ1) is 8.08. The molecule has 0 unspecified atom stereocenters. The molecule has 0 heterocycles. The highest BCUT2D eigenvalue weighted by Gasteiger charge is 2.78. The van der Waals surface area contributed by atoms with Crippen LogP contribution in [0.25, 0.3) is 0 Å². The fourth-order valence-corrected chi connectivity index (χ4v) is 6.58. The van der Waals surface area contributed by atoms with Crippen molar-refractivity contribution in [3.63, 3.8) is 0 Å². The Bertz CT molecular complexity index is 432. The fourth-order valence-electron chi connectivity index (χ4n) is 5.25. The van der Waals surface area contributed by atoms with Crippen LogP contribution in [0.5, 0.6) is 0 Å². The van der Waals surface area contributed by atoms with E-state index in [0.29, 0.717) is 12.3 Å². The van der Waals surface area contributed by atoms with Crippen molar-refractivity contribution in [1.82, 2.24) is 0 Å². The molecule has 0 aliphatic heterocycles. The summed E-state index contributed by atoms with van der Waals surface area (Å²) in [5.74, 6) is 0.691. The van der Waals surface area contributed by atoms with E-state index >= 15 is 0 Å². The quantitative estimate of drug-likeness (QED) is 0.652. The Morgan fingerprint density at radius 1 is 1.28 bits per heavy atom. The Kier molecular flexibility index (Phi) is 2.58. The Balaban J connectivity index is 2.12. The van der Waals surface area contributed by atoms with Crippen LogP contribution in [-0.2, 0) is 4.79 Å².